The van der Waals surface area contributed by atoms with E-state index >= 15 is 0 Å². The molecule has 1 aromatic rings. The van der Waals surface area contributed by atoms with Crippen molar-refractivity contribution in [2.75, 3.05) is 20.7 Å². The summed E-state index contributed by atoms with van der Waals surface area (Å²) in [7, 11) is 3.61. The molecule has 0 atom stereocenters. The van der Waals surface area contributed by atoms with E-state index in [4.69, 9.17) is 10.7 Å². The maximum Gasteiger partial charge on any atom is 0.261 e. The second kappa shape index (κ2) is 5.70. The summed E-state index contributed by atoms with van der Waals surface area (Å²) < 4.78 is 53.5. The van der Waals surface area contributed by atoms with Gasteiger partial charge in [-0.1, -0.05) is 0 Å². The molecule has 0 saturated heterocycles. The van der Waals surface area contributed by atoms with Gasteiger partial charge >= 0.3 is 0 Å². The zero-order chi connectivity index (χ0) is 14.8. The van der Waals surface area contributed by atoms with Gasteiger partial charge in [0.25, 0.3) is 15.0 Å². The number of halogens is 3. The molecule has 0 unspecified atom stereocenters. The second-order valence-electron chi connectivity index (χ2n) is 3.73. The van der Waals surface area contributed by atoms with Crippen LogP contribution in [0.5, 0.6) is 5.75 Å². The molecule has 0 aromatic heterocycles. The first-order chi connectivity index (χ1) is 8.62. The lowest BCUT2D eigenvalue weighted by Gasteiger charge is -2.12. The fourth-order valence-corrected chi connectivity index (χ4v) is 1.83. The zero-order valence-electron chi connectivity index (χ0n) is 9.98. The first kappa shape index (κ1) is 15.6. The molecule has 0 N–H and O–H groups in total. The Morgan fingerprint density at radius 1 is 1.32 bits per heavy atom. The molecule has 0 fully saturated rings. The minimum Gasteiger partial charge on any atom is -0.478 e. The topological polar surface area (TPSA) is 63.7 Å². The van der Waals surface area contributed by atoms with Gasteiger partial charge < -0.3 is 9.64 Å². The quantitative estimate of drug-likeness (QED) is 0.787. The first-order valence-electron chi connectivity index (χ1n) is 4.89. The normalized spacial score (nSPS) is 11.2. The van der Waals surface area contributed by atoms with Crippen LogP contribution in [0.3, 0.4) is 0 Å². The third-order valence-electron chi connectivity index (χ3n) is 2.09. The van der Waals surface area contributed by atoms with Gasteiger partial charge in [0.1, 0.15) is 0 Å². The molecule has 1 rings (SSSR count). The van der Waals surface area contributed by atoms with E-state index in [0.717, 1.165) is 0 Å². The van der Waals surface area contributed by atoms with E-state index in [1.165, 1.54) is 19.0 Å². The van der Waals surface area contributed by atoms with Gasteiger partial charge in [-0.05, 0) is 12.1 Å². The molecule has 9 heteroatoms. The number of hydrogen-bond donors (Lipinski definition) is 0. The maximum atomic E-state index is 13.5. The molecule has 0 aliphatic carbocycles. The molecule has 19 heavy (non-hydrogen) atoms. The average Bonchev–Trinajstić information content (AvgIpc) is 2.25. The molecule has 0 radical (unpaired) electrons. The molecule has 1 aromatic carbocycles. The second-order valence-corrected chi connectivity index (χ2v) is 6.30. The number of nitrogens with zero attached hydrogens (tertiary/aromatic N) is 1. The van der Waals surface area contributed by atoms with Gasteiger partial charge in [-0.2, -0.15) is 0 Å². The van der Waals surface area contributed by atoms with Gasteiger partial charge in [-0.15, -0.1) is 0 Å². The highest BCUT2D eigenvalue weighted by Gasteiger charge is 2.20. The number of benzene rings is 1. The standard InChI is InChI=1S/C10H10ClF2NO4S/c1-14(2)9(15)5-18-10-7(12)3-6(4-8(10)13)19(11,16)17/h3-4H,5H2,1-2H3. The monoisotopic (exact) mass is 313 g/mol. The first-order valence-corrected chi connectivity index (χ1v) is 7.20. The van der Waals surface area contributed by atoms with Crippen LogP contribution in [0, 0.1) is 11.6 Å². The Bertz CT molecular complexity index is 581. The summed E-state index contributed by atoms with van der Waals surface area (Å²) in [4.78, 5) is 11.7. The van der Waals surface area contributed by atoms with Crippen LogP contribution in [-0.2, 0) is 13.8 Å². The zero-order valence-corrected chi connectivity index (χ0v) is 11.6. The van der Waals surface area contributed by atoms with E-state index in [1.807, 2.05) is 0 Å². The smallest absolute Gasteiger partial charge is 0.261 e. The molecule has 0 spiro atoms. The van der Waals surface area contributed by atoms with E-state index in [-0.39, 0.29) is 0 Å². The van der Waals surface area contributed by atoms with Crippen LogP contribution in [0.25, 0.3) is 0 Å². The van der Waals surface area contributed by atoms with Crippen LogP contribution in [0.2, 0.25) is 0 Å². The van der Waals surface area contributed by atoms with Crippen molar-refractivity contribution in [3.05, 3.63) is 23.8 Å². The lowest BCUT2D eigenvalue weighted by molar-refractivity contribution is -0.130. The summed E-state index contributed by atoms with van der Waals surface area (Å²) in [5.74, 6) is -3.86. The van der Waals surface area contributed by atoms with Crippen molar-refractivity contribution in [1.29, 1.82) is 0 Å². The number of likely N-dealkylation sites (N-methyl/N-ethyl adjacent to an activating group) is 1. The molecule has 0 aliphatic heterocycles. The SMILES string of the molecule is CN(C)C(=O)COc1c(F)cc(S(=O)(=O)Cl)cc1F. The van der Waals surface area contributed by atoms with Crippen molar-refractivity contribution in [3.63, 3.8) is 0 Å². The minimum atomic E-state index is -4.25. The van der Waals surface area contributed by atoms with E-state index in [0.29, 0.717) is 12.1 Å². The van der Waals surface area contributed by atoms with Crippen molar-refractivity contribution in [3.8, 4) is 5.75 Å². The van der Waals surface area contributed by atoms with E-state index in [2.05, 4.69) is 4.74 Å². The summed E-state index contributed by atoms with van der Waals surface area (Å²) in [6.07, 6.45) is 0. The summed E-state index contributed by atoms with van der Waals surface area (Å²) in [6.45, 7) is -0.576. The molecule has 0 aliphatic rings. The Balaban J connectivity index is 3.02. The number of ether oxygens (including phenoxy) is 1. The van der Waals surface area contributed by atoms with Crippen molar-refractivity contribution in [2.45, 2.75) is 4.90 Å². The molecule has 106 valence electrons. The number of carbonyl (C=O) groups excluding carboxylic acids is 1. The fraction of sp³-hybridized carbons (Fsp3) is 0.300. The van der Waals surface area contributed by atoms with Crippen LogP contribution in [0.1, 0.15) is 0 Å². The number of rotatable bonds is 4. The highest BCUT2D eigenvalue weighted by Crippen LogP contribution is 2.27. The van der Waals surface area contributed by atoms with Crippen LogP contribution in [0.15, 0.2) is 17.0 Å². The van der Waals surface area contributed by atoms with Crippen molar-refractivity contribution < 1.29 is 26.7 Å². The van der Waals surface area contributed by atoms with Crippen LogP contribution < -0.4 is 4.74 Å². The Morgan fingerprint density at radius 3 is 2.16 bits per heavy atom. The summed E-state index contributed by atoms with van der Waals surface area (Å²) >= 11 is 0. The number of amides is 1. The van der Waals surface area contributed by atoms with E-state index < -0.39 is 43.8 Å². The van der Waals surface area contributed by atoms with Crippen LogP contribution in [-0.4, -0.2) is 39.9 Å². The summed E-state index contributed by atoms with van der Waals surface area (Å²) in [5, 5.41) is 0. The van der Waals surface area contributed by atoms with Crippen molar-refractivity contribution in [1.82, 2.24) is 4.90 Å². The molecular formula is C10H10ClF2NO4S. The summed E-state index contributed by atoms with van der Waals surface area (Å²) in [6, 6.07) is 1.03. The predicted octanol–water partition coefficient (Wildman–Crippen LogP) is 1.36. The average molecular weight is 314 g/mol. The minimum absolute atomic E-state index is 0.507. The summed E-state index contributed by atoms with van der Waals surface area (Å²) in [5.41, 5.74) is 0. The Hall–Kier alpha value is -1.41. The third-order valence-corrected chi connectivity index (χ3v) is 3.43. The Labute approximate surface area is 113 Å². The van der Waals surface area contributed by atoms with E-state index in [9.17, 15) is 22.0 Å². The maximum absolute atomic E-state index is 13.5. The molecule has 1 amide bonds. The van der Waals surface area contributed by atoms with Gasteiger partial charge in [0, 0.05) is 24.8 Å². The van der Waals surface area contributed by atoms with Crippen LogP contribution in [0.4, 0.5) is 8.78 Å². The Morgan fingerprint density at radius 2 is 1.79 bits per heavy atom. The Kier molecular flexibility index (Phi) is 4.70. The highest BCUT2D eigenvalue weighted by molar-refractivity contribution is 8.13. The van der Waals surface area contributed by atoms with Crippen LogP contribution >= 0.6 is 10.7 Å². The van der Waals surface area contributed by atoms with Gasteiger partial charge in [-0.3, -0.25) is 4.79 Å². The lowest BCUT2D eigenvalue weighted by Crippen LogP contribution is -2.27. The van der Waals surface area contributed by atoms with Crippen molar-refractivity contribution >= 4 is 25.6 Å². The number of carbonyl (C=O) groups is 1. The largest absolute Gasteiger partial charge is 0.478 e. The number of hydrogen-bond acceptors (Lipinski definition) is 4. The molecule has 0 saturated carbocycles. The lowest BCUT2D eigenvalue weighted by atomic mass is 10.3. The highest BCUT2D eigenvalue weighted by atomic mass is 35.7. The molecule has 0 bridgehead atoms. The molecular weight excluding hydrogens is 304 g/mol. The van der Waals surface area contributed by atoms with Crippen molar-refractivity contribution in [2.24, 2.45) is 0 Å². The predicted molar refractivity (Wildman–Crippen MR) is 63.6 cm³/mol. The third kappa shape index (κ3) is 4.03. The molecule has 5 nitrogen and oxygen atoms in total. The van der Waals surface area contributed by atoms with Gasteiger partial charge in [-0.25, -0.2) is 17.2 Å². The van der Waals surface area contributed by atoms with E-state index in [1.54, 1.807) is 0 Å². The van der Waals surface area contributed by atoms with Gasteiger partial charge in [0.2, 0.25) is 0 Å². The van der Waals surface area contributed by atoms with Gasteiger partial charge in [0.05, 0.1) is 4.90 Å². The fourth-order valence-electron chi connectivity index (χ4n) is 1.08. The van der Waals surface area contributed by atoms with Gasteiger partial charge in [0.15, 0.2) is 24.0 Å². The molecule has 0 heterocycles.